The fourth-order valence-corrected chi connectivity index (χ4v) is 6.33. The second-order valence-corrected chi connectivity index (χ2v) is 11.5. The van der Waals surface area contributed by atoms with Crippen molar-refractivity contribution >= 4 is 64.9 Å². The Morgan fingerprint density at radius 1 is 1.16 bits per heavy atom. The summed E-state index contributed by atoms with van der Waals surface area (Å²) in [5.74, 6) is -1.58. The maximum atomic E-state index is 13.9. The summed E-state index contributed by atoms with van der Waals surface area (Å²) in [5, 5.41) is 2.40. The van der Waals surface area contributed by atoms with E-state index in [1.807, 2.05) is 0 Å². The number of amides is 2. The second kappa shape index (κ2) is 8.63. The zero-order valence-corrected chi connectivity index (χ0v) is 20.3. The Hall–Kier alpha value is -1.78. The smallest absolute Gasteiger partial charge is 0.230 e. The highest BCUT2D eigenvalue weighted by molar-refractivity contribution is 9.10. The number of hydrogen-bond acceptors (Lipinski definition) is 4. The van der Waals surface area contributed by atoms with Crippen LogP contribution in [0.2, 0.25) is 0 Å². The second-order valence-electron chi connectivity index (χ2n) is 7.67. The van der Waals surface area contributed by atoms with Crippen molar-refractivity contribution in [2.45, 2.75) is 30.6 Å². The van der Waals surface area contributed by atoms with E-state index >= 15 is 0 Å². The highest BCUT2D eigenvalue weighted by Crippen LogP contribution is 2.39. The molecule has 0 bridgehead atoms. The van der Waals surface area contributed by atoms with Crippen LogP contribution in [0.3, 0.4) is 0 Å². The molecule has 2 aromatic rings. The topological polar surface area (TPSA) is 83.6 Å². The van der Waals surface area contributed by atoms with Crippen molar-refractivity contribution in [3.63, 3.8) is 0 Å². The van der Waals surface area contributed by atoms with Gasteiger partial charge in [-0.25, -0.2) is 12.8 Å². The van der Waals surface area contributed by atoms with Crippen molar-refractivity contribution in [2.75, 3.05) is 22.5 Å². The Morgan fingerprint density at radius 3 is 2.58 bits per heavy atom. The van der Waals surface area contributed by atoms with Crippen molar-refractivity contribution in [2.24, 2.45) is 5.92 Å². The molecule has 0 unspecified atom stereocenters. The largest absolute Gasteiger partial charge is 0.324 e. The van der Waals surface area contributed by atoms with Gasteiger partial charge in [-0.3, -0.25) is 9.59 Å². The average Bonchev–Trinajstić information content (AvgIpc) is 3.48. The van der Waals surface area contributed by atoms with Gasteiger partial charge in [-0.05, 0) is 71.1 Å². The molecule has 1 heterocycles. The number of nitrogens with one attached hydrogen (secondary N) is 1. The van der Waals surface area contributed by atoms with Crippen molar-refractivity contribution < 1.29 is 22.4 Å². The first-order valence-electron chi connectivity index (χ1n) is 9.77. The quantitative estimate of drug-likeness (QED) is 0.553. The zero-order chi connectivity index (χ0) is 22.3. The highest BCUT2D eigenvalue weighted by Gasteiger charge is 2.37. The van der Waals surface area contributed by atoms with E-state index in [-0.39, 0.29) is 28.8 Å². The Balaban J connectivity index is 1.49. The summed E-state index contributed by atoms with van der Waals surface area (Å²) in [6.45, 7) is 0.543. The molecule has 6 nitrogen and oxygen atoms in total. The molecule has 1 saturated carbocycles. The van der Waals surface area contributed by atoms with Crippen LogP contribution in [0.5, 0.6) is 0 Å². The number of fused-ring (bicyclic) bond motifs is 1. The zero-order valence-electron chi connectivity index (χ0n) is 16.3. The lowest BCUT2D eigenvalue weighted by Gasteiger charge is -2.18. The van der Waals surface area contributed by atoms with E-state index < -0.39 is 27.3 Å². The van der Waals surface area contributed by atoms with Gasteiger partial charge in [-0.2, -0.15) is 0 Å². The van der Waals surface area contributed by atoms with Crippen LogP contribution in [0.1, 0.15) is 24.8 Å². The van der Waals surface area contributed by atoms with Crippen molar-refractivity contribution in [1.82, 2.24) is 0 Å². The van der Waals surface area contributed by atoms with Gasteiger partial charge in [0.05, 0.1) is 16.3 Å². The molecule has 4 rings (SSSR count). The molecule has 0 aromatic heterocycles. The molecule has 0 saturated heterocycles. The number of carbonyl (C=O) groups is 2. The summed E-state index contributed by atoms with van der Waals surface area (Å²) in [7, 11) is -3.82. The summed E-state index contributed by atoms with van der Waals surface area (Å²) < 4.78 is 40.7. The average molecular weight is 574 g/mol. The number of hydrogen-bond donors (Lipinski definition) is 1. The molecule has 10 heteroatoms. The van der Waals surface area contributed by atoms with Gasteiger partial charge in [-0.15, -0.1) is 0 Å². The van der Waals surface area contributed by atoms with Gasteiger partial charge in [-0.1, -0.05) is 15.9 Å². The molecular weight excluding hydrogens is 555 g/mol. The van der Waals surface area contributed by atoms with Crippen LogP contribution in [0.4, 0.5) is 15.8 Å². The fraction of sp³-hybridized carbons (Fsp3) is 0.333. The molecule has 2 amide bonds. The lowest BCUT2D eigenvalue weighted by molar-refractivity contribution is -0.119. The summed E-state index contributed by atoms with van der Waals surface area (Å²) in [6.07, 6.45) is 2.10. The van der Waals surface area contributed by atoms with Crippen LogP contribution in [0.25, 0.3) is 0 Å². The first-order chi connectivity index (χ1) is 14.7. The first kappa shape index (κ1) is 22.4. The van der Waals surface area contributed by atoms with Crippen LogP contribution >= 0.6 is 31.9 Å². The number of benzene rings is 2. The van der Waals surface area contributed by atoms with Crippen LogP contribution in [-0.2, 0) is 25.8 Å². The molecule has 1 fully saturated rings. The number of carbonyl (C=O) groups excluding carboxylic acids is 2. The fourth-order valence-electron chi connectivity index (χ4n) is 3.55. The molecule has 1 aliphatic carbocycles. The molecule has 0 atom stereocenters. The standard InChI is InChI=1S/C21H19Br2FN2O4S/c22-14-3-4-17(16(24)10-14)25-20(27)6-8-31(29,30)19-11-18-13(9-15(19)23)5-7-26(18)21(28)12-1-2-12/h3-4,9-12H,1-2,5-8H2,(H,25,27). The third kappa shape index (κ3) is 4.85. The minimum absolute atomic E-state index is 0.0152. The van der Waals surface area contributed by atoms with Crippen molar-refractivity contribution in [3.05, 3.63) is 50.7 Å². The molecule has 2 aromatic carbocycles. The summed E-state index contributed by atoms with van der Waals surface area (Å²) in [4.78, 5) is 26.4. The Bertz CT molecular complexity index is 1180. The molecule has 0 radical (unpaired) electrons. The SMILES string of the molecule is O=C(CCS(=O)(=O)c1cc2c(cc1Br)CCN2C(=O)C1CC1)Nc1ccc(Br)cc1F. The summed E-state index contributed by atoms with van der Waals surface area (Å²) in [5.41, 5.74) is 1.53. The van der Waals surface area contributed by atoms with E-state index in [0.717, 1.165) is 18.4 Å². The lowest BCUT2D eigenvalue weighted by atomic mass is 10.2. The number of halogens is 3. The maximum absolute atomic E-state index is 13.9. The minimum Gasteiger partial charge on any atom is -0.324 e. The normalized spacial score (nSPS) is 15.6. The van der Waals surface area contributed by atoms with E-state index in [1.165, 1.54) is 18.2 Å². The van der Waals surface area contributed by atoms with Crippen LogP contribution in [0, 0.1) is 11.7 Å². The van der Waals surface area contributed by atoms with E-state index in [1.54, 1.807) is 17.0 Å². The van der Waals surface area contributed by atoms with Crippen LogP contribution in [-0.4, -0.2) is 32.5 Å². The Labute approximate surface area is 196 Å². The number of anilines is 2. The summed E-state index contributed by atoms with van der Waals surface area (Å²) >= 11 is 6.46. The third-order valence-electron chi connectivity index (χ3n) is 5.36. The Morgan fingerprint density at radius 2 is 1.90 bits per heavy atom. The van der Waals surface area contributed by atoms with E-state index in [9.17, 15) is 22.4 Å². The predicted octanol–water partition coefficient (Wildman–Crippen LogP) is 4.45. The third-order valence-corrected chi connectivity index (χ3v) is 8.52. The van der Waals surface area contributed by atoms with Gasteiger partial charge >= 0.3 is 0 Å². The molecule has 31 heavy (non-hydrogen) atoms. The van der Waals surface area contributed by atoms with Gasteiger partial charge in [0.2, 0.25) is 11.8 Å². The van der Waals surface area contributed by atoms with Gasteiger partial charge < -0.3 is 10.2 Å². The number of sulfone groups is 1. The lowest BCUT2D eigenvalue weighted by Crippen LogP contribution is -2.30. The number of nitrogens with zero attached hydrogens (tertiary/aromatic N) is 1. The van der Waals surface area contributed by atoms with Gasteiger partial charge in [0.1, 0.15) is 5.82 Å². The first-order valence-corrected chi connectivity index (χ1v) is 13.0. The predicted molar refractivity (Wildman–Crippen MR) is 122 cm³/mol. The summed E-state index contributed by atoms with van der Waals surface area (Å²) in [6, 6.07) is 7.44. The highest BCUT2D eigenvalue weighted by atomic mass is 79.9. The molecule has 1 aliphatic heterocycles. The van der Waals surface area contributed by atoms with Gasteiger partial charge in [0.15, 0.2) is 9.84 Å². The van der Waals surface area contributed by atoms with E-state index in [0.29, 0.717) is 27.6 Å². The van der Waals surface area contributed by atoms with Crippen molar-refractivity contribution in [1.29, 1.82) is 0 Å². The molecular formula is C21H19Br2FN2O4S. The molecule has 1 N–H and O–H groups in total. The van der Waals surface area contributed by atoms with Crippen LogP contribution < -0.4 is 10.2 Å². The Kier molecular flexibility index (Phi) is 6.24. The van der Waals surface area contributed by atoms with E-state index in [2.05, 4.69) is 37.2 Å². The monoisotopic (exact) mass is 572 g/mol. The molecule has 0 spiro atoms. The van der Waals surface area contributed by atoms with Crippen LogP contribution in [0.15, 0.2) is 44.2 Å². The molecule has 2 aliphatic rings. The van der Waals surface area contributed by atoms with E-state index in [4.69, 9.17) is 0 Å². The maximum Gasteiger partial charge on any atom is 0.230 e. The van der Waals surface area contributed by atoms with Gasteiger partial charge in [0, 0.05) is 33.5 Å². The minimum atomic E-state index is -3.82. The molecule has 164 valence electrons. The number of rotatable bonds is 6. The van der Waals surface area contributed by atoms with Crippen molar-refractivity contribution in [3.8, 4) is 0 Å². The van der Waals surface area contributed by atoms with Gasteiger partial charge in [0.25, 0.3) is 0 Å².